The highest BCUT2D eigenvalue weighted by atomic mass is 79.9. The quantitative estimate of drug-likeness (QED) is 0.366. The highest BCUT2D eigenvalue weighted by Crippen LogP contribution is 2.30. The summed E-state index contributed by atoms with van der Waals surface area (Å²) in [5.41, 5.74) is 7.47. The van der Waals surface area contributed by atoms with Crippen molar-refractivity contribution in [3.8, 4) is 11.5 Å². The number of ether oxygens (including phenoxy) is 1. The zero-order chi connectivity index (χ0) is 15.2. The van der Waals surface area contributed by atoms with Gasteiger partial charge in [0.1, 0.15) is 11.5 Å². The molecule has 2 rings (SSSR count). The van der Waals surface area contributed by atoms with Crippen LogP contribution >= 0.6 is 15.9 Å². The minimum absolute atomic E-state index is 0.0613. The topological polar surface area (TPSA) is 67.8 Å². The van der Waals surface area contributed by atoms with Crippen LogP contribution in [0.2, 0.25) is 0 Å². The molecule has 0 aromatic heterocycles. The Bertz CT molecular complexity index is 639. The minimum Gasteiger partial charge on any atom is -0.456 e. The van der Waals surface area contributed by atoms with E-state index in [1.54, 1.807) is 18.2 Å². The third-order valence-electron chi connectivity index (χ3n) is 3.03. The van der Waals surface area contributed by atoms with Gasteiger partial charge < -0.3 is 15.7 Å². The lowest BCUT2D eigenvalue weighted by Gasteiger charge is -2.09. The van der Waals surface area contributed by atoms with Gasteiger partial charge in [-0.15, -0.1) is 0 Å². The van der Waals surface area contributed by atoms with E-state index in [0.717, 1.165) is 23.1 Å². The van der Waals surface area contributed by atoms with Crippen LogP contribution in [0.4, 0.5) is 0 Å². The molecule has 0 aliphatic carbocycles. The standard InChI is InChI=1S/C16H17BrN2O2/c1-2-3-11-4-7-13(8-5-11)21-15-9-6-12(10-14(15)17)16(18)19-20/h4-10,20H,2-3H2,1H3,(H2,18,19). The number of halogens is 1. The molecule has 0 unspecified atom stereocenters. The zero-order valence-electron chi connectivity index (χ0n) is 11.7. The predicted molar refractivity (Wildman–Crippen MR) is 87.2 cm³/mol. The summed E-state index contributed by atoms with van der Waals surface area (Å²) in [6.07, 6.45) is 2.19. The molecule has 2 aromatic rings. The van der Waals surface area contributed by atoms with Crippen LogP contribution < -0.4 is 10.5 Å². The Kier molecular flexibility index (Phi) is 5.22. The van der Waals surface area contributed by atoms with Gasteiger partial charge in [-0.3, -0.25) is 0 Å². The molecular formula is C16H17BrN2O2. The van der Waals surface area contributed by atoms with Gasteiger partial charge in [0.15, 0.2) is 5.84 Å². The number of hydrogen-bond donors (Lipinski definition) is 2. The normalized spacial score (nSPS) is 11.4. The van der Waals surface area contributed by atoms with E-state index < -0.39 is 0 Å². The number of oxime groups is 1. The third-order valence-corrected chi connectivity index (χ3v) is 3.64. The number of nitrogens with two attached hydrogens (primary N) is 1. The zero-order valence-corrected chi connectivity index (χ0v) is 13.3. The fourth-order valence-corrected chi connectivity index (χ4v) is 2.40. The van der Waals surface area contributed by atoms with E-state index in [1.807, 2.05) is 12.1 Å². The summed E-state index contributed by atoms with van der Waals surface area (Å²) >= 11 is 3.42. The van der Waals surface area contributed by atoms with Crippen LogP contribution in [0.1, 0.15) is 24.5 Å². The van der Waals surface area contributed by atoms with Gasteiger partial charge in [0.2, 0.25) is 0 Å². The second kappa shape index (κ2) is 7.13. The van der Waals surface area contributed by atoms with Crippen LogP contribution in [0.5, 0.6) is 11.5 Å². The van der Waals surface area contributed by atoms with Crippen LogP contribution in [-0.4, -0.2) is 11.0 Å². The first kappa shape index (κ1) is 15.4. The van der Waals surface area contributed by atoms with Crippen LogP contribution in [0.25, 0.3) is 0 Å². The number of amidine groups is 1. The summed E-state index contributed by atoms with van der Waals surface area (Å²) in [6, 6.07) is 13.3. The second-order valence-corrected chi connectivity index (χ2v) is 5.48. The van der Waals surface area contributed by atoms with E-state index in [-0.39, 0.29) is 5.84 Å². The molecule has 0 heterocycles. The molecule has 110 valence electrons. The molecule has 0 amide bonds. The molecular weight excluding hydrogens is 332 g/mol. The van der Waals surface area contributed by atoms with Gasteiger partial charge in [0.05, 0.1) is 4.47 Å². The maximum absolute atomic E-state index is 8.67. The first-order chi connectivity index (χ1) is 10.1. The summed E-state index contributed by atoms with van der Waals surface area (Å²) in [5, 5.41) is 11.6. The van der Waals surface area contributed by atoms with Crippen molar-refractivity contribution in [2.24, 2.45) is 10.9 Å². The molecule has 0 aliphatic rings. The number of aryl methyl sites for hydroxylation is 1. The second-order valence-electron chi connectivity index (χ2n) is 4.63. The third kappa shape index (κ3) is 3.98. The molecule has 0 saturated heterocycles. The SMILES string of the molecule is CCCc1ccc(Oc2ccc(/C(N)=N/O)cc2Br)cc1. The molecule has 0 bridgehead atoms. The van der Waals surface area contributed by atoms with Crippen LogP contribution in [0.15, 0.2) is 52.1 Å². The van der Waals surface area contributed by atoms with E-state index in [2.05, 4.69) is 40.1 Å². The Balaban J connectivity index is 2.16. The monoisotopic (exact) mass is 348 g/mol. The lowest BCUT2D eigenvalue weighted by molar-refractivity contribution is 0.318. The average molecular weight is 349 g/mol. The molecule has 4 nitrogen and oxygen atoms in total. The maximum atomic E-state index is 8.67. The summed E-state index contributed by atoms with van der Waals surface area (Å²) in [6.45, 7) is 2.16. The van der Waals surface area contributed by atoms with Gasteiger partial charge in [-0.05, 0) is 58.2 Å². The van der Waals surface area contributed by atoms with Crippen molar-refractivity contribution in [2.75, 3.05) is 0 Å². The van der Waals surface area contributed by atoms with E-state index in [9.17, 15) is 0 Å². The fourth-order valence-electron chi connectivity index (χ4n) is 1.94. The van der Waals surface area contributed by atoms with Crippen LogP contribution in [0.3, 0.4) is 0 Å². The molecule has 0 atom stereocenters. The molecule has 5 heteroatoms. The van der Waals surface area contributed by atoms with Crippen molar-refractivity contribution in [2.45, 2.75) is 19.8 Å². The van der Waals surface area contributed by atoms with Gasteiger partial charge in [0.25, 0.3) is 0 Å². The Labute approximate surface area is 132 Å². The lowest BCUT2D eigenvalue weighted by Crippen LogP contribution is -2.12. The van der Waals surface area contributed by atoms with Crippen molar-refractivity contribution in [1.82, 2.24) is 0 Å². The summed E-state index contributed by atoms with van der Waals surface area (Å²) < 4.78 is 6.56. The Morgan fingerprint density at radius 1 is 1.24 bits per heavy atom. The molecule has 0 spiro atoms. The molecule has 0 saturated carbocycles. The highest BCUT2D eigenvalue weighted by molar-refractivity contribution is 9.10. The van der Waals surface area contributed by atoms with E-state index in [4.69, 9.17) is 15.7 Å². The van der Waals surface area contributed by atoms with Crippen molar-refractivity contribution in [3.63, 3.8) is 0 Å². The molecule has 21 heavy (non-hydrogen) atoms. The molecule has 2 aromatic carbocycles. The minimum atomic E-state index is 0.0613. The van der Waals surface area contributed by atoms with Crippen molar-refractivity contribution < 1.29 is 9.94 Å². The van der Waals surface area contributed by atoms with Crippen molar-refractivity contribution in [3.05, 3.63) is 58.1 Å². The number of nitrogens with zero attached hydrogens (tertiary/aromatic N) is 1. The van der Waals surface area contributed by atoms with Gasteiger partial charge in [-0.2, -0.15) is 0 Å². The Morgan fingerprint density at radius 2 is 1.95 bits per heavy atom. The first-order valence-electron chi connectivity index (χ1n) is 6.68. The Hall–Kier alpha value is -2.01. The van der Waals surface area contributed by atoms with Gasteiger partial charge in [-0.25, -0.2) is 0 Å². The van der Waals surface area contributed by atoms with Crippen molar-refractivity contribution >= 4 is 21.8 Å². The summed E-state index contributed by atoms with van der Waals surface area (Å²) in [7, 11) is 0. The largest absolute Gasteiger partial charge is 0.456 e. The van der Waals surface area contributed by atoms with Crippen LogP contribution in [0, 0.1) is 0 Å². The molecule has 0 fully saturated rings. The van der Waals surface area contributed by atoms with Crippen LogP contribution in [-0.2, 0) is 6.42 Å². The number of hydrogen-bond acceptors (Lipinski definition) is 3. The van der Waals surface area contributed by atoms with E-state index in [1.165, 1.54) is 5.56 Å². The summed E-state index contributed by atoms with van der Waals surface area (Å²) in [4.78, 5) is 0. The predicted octanol–water partition coefficient (Wildman–Crippen LogP) is 4.29. The molecule has 3 N–H and O–H groups in total. The summed E-state index contributed by atoms with van der Waals surface area (Å²) in [5.74, 6) is 1.51. The number of benzene rings is 2. The molecule has 0 aliphatic heterocycles. The highest BCUT2D eigenvalue weighted by Gasteiger charge is 2.07. The van der Waals surface area contributed by atoms with Gasteiger partial charge in [-0.1, -0.05) is 30.6 Å². The Morgan fingerprint density at radius 3 is 2.52 bits per heavy atom. The van der Waals surface area contributed by atoms with E-state index in [0.29, 0.717) is 11.3 Å². The molecule has 0 radical (unpaired) electrons. The average Bonchev–Trinajstić information content (AvgIpc) is 2.50. The van der Waals surface area contributed by atoms with E-state index >= 15 is 0 Å². The number of rotatable bonds is 5. The maximum Gasteiger partial charge on any atom is 0.170 e. The van der Waals surface area contributed by atoms with Gasteiger partial charge >= 0.3 is 0 Å². The van der Waals surface area contributed by atoms with Crippen molar-refractivity contribution in [1.29, 1.82) is 0 Å². The first-order valence-corrected chi connectivity index (χ1v) is 7.47. The van der Waals surface area contributed by atoms with Gasteiger partial charge in [0, 0.05) is 5.56 Å². The fraction of sp³-hybridized carbons (Fsp3) is 0.188. The smallest absolute Gasteiger partial charge is 0.170 e. The lowest BCUT2D eigenvalue weighted by atomic mass is 10.1.